The number of amides is 1. The van der Waals surface area contributed by atoms with Crippen molar-refractivity contribution < 1.29 is 19.4 Å². The molecule has 0 saturated carbocycles. The van der Waals surface area contributed by atoms with Crippen LogP contribution in [-0.4, -0.2) is 52.8 Å². The lowest BCUT2D eigenvalue weighted by molar-refractivity contribution is -0.111. The summed E-state index contributed by atoms with van der Waals surface area (Å²) in [7, 11) is 0. The third-order valence-corrected chi connectivity index (χ3v) is 6.36. The minimum atomic E-state index is -0.374. The first kappa shape index (κ1) is 22.4. The molecule has 34 heavy (non-hydrogen) atoms. The number of benzene rings is 1. The van der Waals surface area contributed by atoms with E-state index in [1.165, 1.54) is 12.8 Å². The Balaban J connectivity index is 1.14. The van der Waals surface area contributed by atoms with E-state index in [0.29, 0.717) is 49.2 Å². The fourth-order valence-electron chi connectivity index (χ4n) is 4.60. The van der Waals surface area contributed by atoms with Crippen LogP contribution in [-0.2, 0) is 16.0 Å². The summed E-state index contributed by atoms with van der Waals surface area (Å²) in [6.07, 6.45) is 6.50. The van der Waals surface area contributed by atoms with Crippen molar-refractivity contribution in [3.8, 4) is 5.75 Å². The van der Waals surface area contributed by atoms with Crippen LogP contribution in [0.4, 0.5) is 5.69 Å². The molecule has 8 nitrogen and oxygen atoms in total. The van der Waals surface area contributed by atoms with Gasteiger partial charge in [-0.15, -0.1) is 0 Å². The summed E-state index contributed by atoms with van der Waals surface area (Å²) in [5.74, 6) is 0.402. The summed E-state index contributed by atoms with van der Waals surface area (Å²) in [6, 6.07) is 13.5. The average Bonchev–Trinajstić information content (AvgIpc) is 3.49. The zero-order valence-electron chi connectivity index (χ0n) is 19.1. The van der Waals surface area contributed by atoms with Crippen LogP contribution in [0.2, 0.25) is 0 Å². The predicted molar refractivity (Wildman–Crippen MR) is 130 cm³/mol. The van der Waals surface area contributed by atoms with Gasteiger partial charge in [0.15, 0.2) is 0 Å². The third kappa shape index (κ3) is 4.93. The summed E-state index contributed by atoms with van der Waals surface area (Å²) in [5.41, 5.74) is 3.08. The number of aliphatic hydroxyl groups excluding tert-OH is 1. The van der Waals surface area contributed by atoms with Gasteiger partial charge in [0.1, 0.15) is 35.0 Å². The SMILES string of the molecule is O=C(Nc1ccc(OCCOCCC2CCCN2)cc1)C1=C(O)CCc2c1nc1ccccn21. The lowest BCUT2D eigenvalue weighted by Gasteiger charge is -2.16. The minimum absolute atomic E-state index is 0.0667. The molecule has 1 aromatic carbocycles. The number of imidazole rings is 1. The summed E-state index contributed by atoms with van der Waals surface area (Å²) < 4.78 is 13.4. The van der Waals surface area contributed by atoms with E-state index >= 15 is 0 Å². The number of aryl methyl sites for hydroxylation is 1. The van der Waals surface area contributed by atoms with Crippen molar-refractivity contribution in [2.24, 2.45) is 0 Å². The van der Waals surface area contributed by atoms with Crippen molar-refractivity contribution in [2.45, 2.75) is 38.1 Å². The van der Waals surface area contributed by atoms with E-state index in [0.717, 1.165) is 30.9 Å². The summed E-state index contributed by atoms with van der Waals surface area (Å²) in [5, 5.41) is 16.8. The molecule has 1 unspecified atom stereocenters. The van der Waals surface area contributed by atoms with Crippen LogP contribution in [0.25, 0.3) is 11.2 Å². The highest BCUT2D eigenvalue weighted by molar-refractivity contribution is 6.26. The molecule has 3 aromatic rings. The van der Waals surface area contributed by atoms with Crippen molar-refractivity contribution in [2.75, 3.05) is 31.7 Å². The number of pyridine rings is 1. The highest BCUT2D eigenvalue weighted by Crippen LogP contribution is 2.31. The van der Waals surface area contributed by atoms with Crippen molar-refractivity contribution >= 4 is 22.8 Å². The van der Waals surface area contributed by atoms with Gasteiger partial charge in [-0.25, -0.2) is 4.98 Å². The van der Waals surface area contributed by atoms with Gasteiger partial charge < -0.3 is 29.6 Å². The van der Waals surface area contributed by atoms with E-state index in [9.17, 15) is 9.90 Å². The maximum atomic E-state index is 13.0. The Kier molecular flexibility index (Phi) is 6.78. The van der Waals surface area contributed by atoms with Gasteiger partial charge in [0.2, 0.25) is 0 Å². The topological polar surface area (TPSA) is 97.1 Å². The molecule has 0 radical (unpaired) electrons. The maximum Gasteiger partial charge on any atom is 0.261 e. The number of hydrogen-bond donors (Lipinski definition) is 3. The number of rotatable bonds is 9. The molecule has 0 spiro atoms. The maximum absolute atomic E-state index is 13.0. The van der Waals surface area contributed by atoms with Crippen LogP contribution >= 0.6 is 0 Å². The number of hydrogen-bond acceptors (Lipinski definition) is 6. The average molecular weight is 463 g/mol. The second kappa shape index (κ2) is 10.3. The first-order valence-electron chi connectivity index (χ1n) is 11.9. The molecule has 3 N–H and O–H groups in total. The Morgan fingerprint density at radius 2 is 2.03 bits per heavy atom. The van der Waals surface area contributed by atoms with Crippen LogP contribution in [0.5, 0.6) is 5.75 Å². The number of aliphatic hydroxyl groups is 1. The molecule has 1 aliphatic heterocycles. The van der Waals surface area contributed by atoms with E-state index in [1.807, 2.05) is 40.9 Å². The van der Waals surface area contributed by atoms with E-state index < -0.39 is 0 Å². The monoisotopic (exact) mass is 462 g/mol. The zero-order valence-corrected chi connectivity index (χ0v) is 19.1. The number of allylic oxidation sites excluding steroid dienone is 1. The Bertz CT molecular complexity index is 1180. The molecular weight excluding hydrogens is 432 g/mol. The minimum Gasteiger partial charge on any atom is -0.511 e. The molecule has 2 aliphatic rings. The third-order valence-electron chi connectivity index (χ3n) is 6.36. The lowest BCUT2D eigenvalue weighted by Crippen LogP contribution is -2.23. The van der Waals surface area contributed by atoms with Gasteiger partial charge in [-0.2, -0.15) is 0 Å². The van der Waals surface area contributed by atoms with Gasteiger partial charge in [-0.3, -0.25) is 4.79 Å². The number of aromatic nitrogens is 2. The van der Waals surface area contributed by atoms with Gasteiger partial charge in [0, 0.05) is 31.0 Å². The molecule has 1 amide bonds. The lowest BCUT2D eigenvalue weighted by atomic mass is 9.97. The fourth-order valence-corrected chi connectivity index (χ4v) is 4.60. The van der Waals surface area contributed by atoms with E-state index in [1.54, 1.807) is 12.1 Å². The Labute approximate surface area is 198 Å². The number of ether oxygens (including phenoxy) is 2. The Morgan fingerprint density at radius 1 is 1.15 bits per heavy atom. The van der Waals surface area contributed by atoms with Crippen LogP contribution in [0.15, 0.2) is 54.4 Å². The van der Waals surface area contributed by atoms with Gasteiger partial charge in [0.05, 0.1) is 12.3 Å². The Hall–Kier alpha value is -3.36. The summed E-state index contributed by atoms with van der Waals surface area (Å²) >= 11 is 0. The molecule has 1 fully saturated rings. The van der Waals surface area contributed by atoms with E-state index in [2.05, 4.69) is 15.6 Å². The number of fused-ring (bicyclic) bond motifs is 3. The Morgan fingerprint density at radius 3 is 2.85 bits per heavy atom. The normalized spacial score (nSPS) is 17.7. The molecule has 1 atom stereocenters. The van der Waals surface area contributed by atoms with Gasteiger partial charge in [0.25, 0.3) is 5.91 Å². The standard InChI is InChI=1S/C26H30N4O4/c31-22-11-10-21-25(29-23-5-1-2-14-30(21)23)24(22)26(32)28-19-6-8-20(9-7-19)34-17-16-33-15-12-18-4-3-13-27-18/h1-2,5-9,14,18,27,31H,3-4,10-13,15-17H2,(H,28,32). The number of nitrogens with one attached hydrogen (secondary N) is 2. The van der Waals surface area contributed by atoms with Gasteiger partial charge in [-0.1, -0.05) is 6.07 Å². The molecule has 1 saturated heterocycles. The largest absolute Gasteiger partial charge is 0.511 e. The van der Waals surface area contributed by atoms with Gasteiger partial charge >= 0.3 is 0 Å². The number of nitrogens with zero attached hydrogens (tertiary/aromatic N) is 2. The molecule has 178 valence electrons. The molecule has 3 heterocycles. The molecular formula is C26H30N4O4. The van der Waals surface area contributed by atoms with E-state index in [4.69, 9.17) is 9.47 Å². The van der Waals surface area contributed by atoms with Crippen LogP contribution in [0.1, 0.15) is 37.1 Å². The molecule has 0 bridgehead atoms. The van der Waals surface area contributed by atoms with Crippen LogP contribution < -0.4 is 15.4 Å². The molecule has 2 aromatic heterocycles. The van der Waals surface area contributed by atoms with Crippen molar-refractivity contribution in [1.29, 1.82) is 0 Å². The van der Waals surface area contributed by atoms with Crippen molar-refractivity contribution in [1.82, 2.24) is 14.7 Å². The van der Waals surface area contributed by atoms with Crippen molar-refractivity contribution in [3.63, 3.8) is 0 Å². The van der Waals surface area contributed by atoms with Gasteiger partial charge in [-0.05, 0) is 68.6 Å². The molecule has 5 rings (SSSR count). The number of carbonyl (C=O) groups excluding carboxylic acids is 1. The first-order valence-corrected chi connectivity index (χ1v) is 11.9. The second-order valence-electron chi connectivity index (χ2n) is 8.68. The second-order valence-corrected chi connectivity index (χ2v) is 8.68. The molecule has 1 aliphatic carbocycles. The highest BCUT2D eigenvalue weighted by atomic mass is 16.5. The fraction of sp³-hybridized carbons (Fsp3) is 0.385. The van der Waals surface area contributed by atoms with Crippen LogP contribution in [0, 0.1) is 0 Å². The summed E-state index contributed by atoms with van der Waals surface area (Å²) in [6.45, 7) is 2.87. The predicted octanol–water partition coefficient (Wildman–Crippen LogP) is 3.73. The van der Waals surface area contributed by atoms with Crippen LogP contribution in [0.3, 0.4) is 0 Å². The highest BCUT2D eigenvalue weighted by Gasteiger charge is 2.28. The molecule has 8 heteroatoms. The first-order chi connectivity index (χ1) is 16.7. The summed E-state index contributed by atoms with van der Waals surface area (Å²) in [4.78, 5) is 17.6. The smallest absolute Gasteiger partial charge is 0.261 e. The zero-order chi connectivity index (χ0) is 23.3. The van der Waals surface area contributed by atoms with E-state index in [-0.39, 0.29) is 17.2 Å². The number of anilines is 1. The quantitative estimate of drug-likeness (QED) is 0.420. The number of carbonyl (C=O) groups is 1. The van der Waals surface area contributed by atoms with Crippen molar-refractivity contribution in [3.05, 3.63) is 65.8 Å².